The third-order valence-electron chi connectivity index (χ3n) is 2.30. The van der Waals surface area contributed by atoms with Gasteiger partial charge in [-0.15, -0.1) is 0 Å². The molecule has 2 rings (SSSR count). The van der Waals surface area contributed by atoms with E-state index in [9.17, 15) is 0 Å². The van der Waals surface area contributed by atoms with Crippen molar-refractivity contribution in [2.24, 2.45) is 0 Å². The highest BCUT2D eigenvalue weighted by atomic mass is 15.3. The van der Waals surface area contributed by atoms with Crippen molar-refractivity contribution in [2.75, 3.05) is 0 Å². The van der Waals surface area contributed by atoms with Crippen LogP contribution in [-0.2, 0) is 5.54 Å². The predicted molar refractivity (Wildman–Crippen MR) is 61.5 cm³/mol. The molecular weight excluding hydrogens is 184 g/mol. The van der Waals surface area contributed by atoms with Crippen LogP contribution in [0.25, 0.3) is 11.1 Å². The molecule has 77 valence electrons. The number of nitrogens with zero attached hydrogens (tertiary/aromatic N) is 2. The van der Waals surface area contributed by atoms with Crippen LogP contribution < -0.4 is 0 Å². The second-order valence-corrected chi connectivity index (χ2v) is 4.64. The topological polar surface area (TPSA) is 17.8 Å². The van der Waals surface area contributed by atoms with Crippen LogP contribution in [0.1, 0.15) is 20.8 Å². The van der Waals surface area contributed by atoms with E-state index in [2.05, 4.69) is 44.2 Å². The third-order valence-corrected chi connectivity index (χ3v) is 2.30. The van der Waals surface area contributed by atoms with Crippen LogP contribution in [0.2, 0.25) is 0 Å². The van der Waals surface area contributed by atoms with Crippen molar-refractivity contribution in [1.82, 2.24) is 9.78 Å². The highest BCUT2D eigenvalue weighted by Crippen LogP contribution is 2.20. The van der Waals surface area contributed by atoms with Crippen molar-refractivity contribution in [3.8, 4) is 11.1 Å². The zero-order valence-electron chi connectivity index (χ0n) is 9.36. The lowest BCUT2D eigenvalue weighted by Gasteiger charge is -2.18. The average Bonchev–Trinajstić information content (AvgIpc) is 2.67. The van der Waals surface area contributed by atoms with E-state index in [4.69, 9.17) is 0 Å². The molecule has 0 atom stereocenters. The zero-order chi connectivity index (χ0) is 10.9. The first-order chi connectivity index (χ1) is 7.07. The third kappa shape index (κ3) is 2.09. The summed E-state index contributed by atoms with van der Waals surface area (Å²) >= 11 is 0. The molecule has 1 aromatic heterocycles. The number of hydrogen-bond acceptors (Lipinski definition) is 1. The van der Waals surface area contributed by atoms with Crippen LogP contribution in [0, 0.1) is 6.20 Å². The second-order valence-electron chi connectivity index (χ2n) is 4.64. The molecule has 0 aliphatic heterocycles. The summed E-state index contributed by atoms with van der Waals surface area (Å²) in [5, 5.41) is 4.26. The normalized spacial score (nSPS) is 11.7. The Hall–Kier alpha value is -1.57. The maximum absolute atomic E-state index is 4.26. The summed E-state index contributed by atoms with van der Waals surface area (Å²) < 4.78 is 1.94. The van der Waals surface area contributed by atoms with E-state index in [1.807, 2.05) is 29.1 Å². The first-order valence-corrected chi connectivity index (χ1v) is 5.10. The van der Waals surface area contributed by atoms with Gasteiger partial charge in [0.25, 0.3) is 0 Å². The Bertz CT molecular complexity index is 435. The van der Waals surface area contributed by atoms with Crippen molar-refractivity contribution >= 4 is 0 Å². The molecule has 0 N–H and O–H groups in total. The zero-order valence-corrected chi connectivity index (χ0v) is 9.36. The van der Waals surface area contributed by atoms with Crippen LogP contribution >= 0.6 is 0 Å². The van der Waals surface area contributed by atoms with Crippen LogP contribution in [0.3, 0.4) is 0 Å². The molecule has 2 nitrogen and oxygen atoms in total. The molecule has 0 bridgehead atoms. The minimum atomic E-state index is 0.0174. The quantitative estimate of drug-likeness (QED) is 0.690. The van der Waals surface area contributed by atoms with E-state index >= 15 is 0 Å². The maximum Gasteiger partial charge on any atom is 0.121 e. The smallest absolute Gasteiger partial charge is 0.121 e. The Kier molecular flexibility index (Phi) is 2.35. The summed E-state index contributed by atoms with van der Waals surface area (Å²) in [5.74, 6) is 0. The van der Waals surface area contributed by atoms with Gasteiger partial charge < -0.3 is 0 Å². The molecule has 15 heavy (non-hydrogen) atoms. The molecular formula is C13H15N2. The monoisotopic (exact) mass is 199 g/mol. The minimum absolute atomic E-state index is 0.0174. The molecule has 0 saturated heterocycles. The summed E-state index contributed by atoms with van der Waals surface area (Å²) in [6, 6.07) is 10.2. The molecule has 1 aromatic carbocycles. The molecule has 0 fully saturated rings. The molecule has 0 aliphatic rings. The molecule has 1 heterocycles. The van der Waals surface area contributed by atoms with Gasteiger partial charge in [0, 0.05) is 11.8 Å². The van der Waals surface area contributed by atoms with Gasteiger partial charge in [-0.3, -0.25) is 4.68 Å². The van der Waals surface area contributed by atoms with E-state index in [0.29, 0.717) is 0 Å². The van der Waals surface area contributed by atoms with Crippen LogP contribution in [-0.4, -0.2) is 9.78 Å². The molecule has 0 amide bonds. The lowest BCUT2D eigenvalue weighted by Crippen LogP contribution is -2.21. The van der Waals surface area contributed by atoms with Gasteiger partial charge in [0.2, 0.25) is 0 Å². The van der Waals surface area contributed by atoms with E-state index < -0.39 is 0 Å². The van der Waals surface area contributed by atoms with Crippen LogP contribution in [0.5, 0.6) is 0 Å². The maximum atomic E-state index is 4.26. The van der Waals surface area contributed by atoms with Gasteiger partial charge in [0.05, 0.1) is 5.54 Å². The van der Waals surface area contributed by atoms with Gasteiger partial charge in [0.1, 0.15) is 6.20 Å². The number of hydrogen-bond donors (Lipinski definition) is 0. The van der Waals surface area contributed by atoms with Gasteiger partial charge in [-0.1, -0.05) is 30.3 Å². The molecule has 2 aromatic rings. The number of aromatic nitrogens is 2. The predicted octanol–water partition coefficient (Wildman–Crippen LogP) is 3.11. The Labute approximate surface area is 90.6 Å². The Morgan fingerprint density at radius 2 is 1.80 bits per heavy atom. The van der Waals surface area contributed by atoms with Crippen LogP contribution in [0.4, 0.5) is 0 Å². The van der Waals surface area contributed by atoms with E-state index in [-0.39, 0.29) is 5.54 Å². The first kappa shape index (κ1) is 9.97. The van der Waals surface area contributed by atoms with E-state index in [1.54, 1.807) is 0 Å². The molecule has 0 aliphatic carbocycles. The number of benzene rings is 1. The van der Waals surface area contributed by atoms with Crippen molar-refractivity contribution < 1.29 is 0 Å². The fourth-order valence-electron chi connectivity index (χ4n) is 1.39. The first-order valence-electron chi connectivity index (χ1n) is 5.10. The lowest BCUT2D eigenvalue weighted by atomic mass is 10.1. The second kappa shape index (κ2) is 3.54. The molecule has 0 saturated carbocycles. The molecule has 2 heteroatoms. The van der Waals surface area contributed by atoms with Gasteiger partial charge in [-0.25, -0.2) is 0 Å². The van der Waals surface area contributed by atoms with E-state index in [0.717, 1.165) is 11.1 Å². The highest BCUT2D eigenvalue weighted by Gasteiger charge is 2.14. The SMILES string of the molecule is CC(C)(C)n1cc(-c2ccccc2)[c]n1. The Morgan fingerprint density at radius 1 is 1.13 bits per heavy atom. The largest absolute Gasteiger partial charge is 0.266 e. The lowest BCUT2D eigenvalue weighted by molar-refractivity contribution is 0.355. The highest BCUT2D eigenvalue weighted by molar-refractivity contribution is 5.60. The van der Waals surface area contributed by atoms with Crippen molar-refractivity contribution in [3.05, 3.63) is 42.7 Å². The standard InChI is InChI=1S/C13H15N2/c1-13(2,3)15-10-12(9-14-15)11-7-5-4-6-8-11/h4-8,10H,1-3H3. The molecule has 0 unspecified atom stereocenters. The fourth-order valence-corrected chi connectivity index (χ4v) is 1.39. The van der Waals surface area contributed by atoms with Gasteiger partial charge >= 0.3 is 0 Å². The summed E-state index contributed by atoms with van der Waals surface area (Å²) in [4.78, 5) is 0. The summed E-state index contributed by atoms with van der Waals surface area (Å²) in [7, 11) is 0. The summed E-state index contributed by atoms with van der Waals surface area (Å²) in [5.41, 5.74) is 2.22. The van der Waals surface area contributed by atoms with Crippen molar-refractivity contribution in [3.63, 3.8) is 0 Å². The summed E-state index contributed by atoms with van der Waals surface area (Å²) in [6.45, 7) is 6.38. The van der Waals surface area contributed by atoms with Gasteiger partial charge in [0.15, 0.2) is 0 Å². The van der Waals surface area contributed by atoms with Crippen molar-refractivity contribution in [2.45, 2.75) is 26.3 Å². The Balaban J connectivity index is 2.37. The fraction of sp³-hybridized carbons (Fsp3) is 0.308. The minimum Gasteiger partial charge on any atom is -0.266 e. The average molecular weight is 199 g/mol. The number of rotatable bonds is 1. The molecule has 0 spiro atoms. The van der Waals surface area contributed by atoms with Gasteiger partial charge in [-0.05, 0) is 26.3 Å². The summed E-state index contributed by atoms with van der Waals surface area (Å²) in [6.07, 6.45) is 5.08. The molecule has 1 radical (unpaired) electrons. The van der Waals surface area contributed by atoms with Crippen LogP contribution in [0.15, 0.2) is 36.5 Å². The Morgan fingerprint density at radius 3 is 2.33 bits per heavy atom. The van der Waals surface area contributed by atoms with Gasteiger partial charge in [-0.2, -0.15) is 5.10 Å². The van der Waals surface area contributed by atoms with Crippen molar-refractivity contribution in [1.29, 1.82) is 0 Å². The van der Waals surface area contributed by atoms with E-state index in [1.165, 1.54) is 0 Å².